The van der Waals surface area contributed by atoms with E-state index in [4.69, 9.17) is 23.2 Å². The fraction of sp³-hybridized carbons (Fsp3) is 1.00. The predicted octanol–water partition coefficient (Wildman–Crippen LogP) is 2.23. The van der Waals surface area contributed by atoms with Gasteiger partial charge in [-0.1, -0.05) is 22.6 Å². The fourth-order valence-electron chi connectivity index (χ4n) is 0. The van der Waals surface area contributed by atoms with Gasteiger partial charge in [-0.15, -0.1) is 23.2 Å². The minimum atomic E-state index is 0.0919. The van der Waals surface area contributed by atoms with Crippen molar-refractivity contribution in [1.29, 1.82) is 0 Å². The van der Waals surface area contributed by atoms with Crippen LogP contribution in [-0.4, -0.2) is 9.26 Å². The number of hydrogen-bond acceptors (Lipinski definition) is 0. The third-order valence-electron chi connectivity index (χ3n) is 0.117. The van der Waals surface area contributed by atoms with Crippen molar-refractivity contribution in [3.63, 3.8) is 0 Å². The second-order valence-corrected chi connectivity index (χ2v) is 3.62. The topological polar surface area (TPSA) is 0 Å². The van der Waals surface area contributed by atoms with Gasteiger partial charge in [-0.25, -0.2) is 0 Å². The summed E-state index contributed by atoms with van der Waals surface area (Å²) < 4.78 is 0.0919. The molecular weight excluding hydrogens is 222 g/mol. The largest absolute Gasteiger partial charge is 0.124 e. The number of rotatable bonds is 1. The van der Waals surface area contributed by atoms with Gasteiger partial charge >= 0.3 is 0 Å². The van der Waals surface area contributed by atoms with Gasteiger partial charge in [0.25, 0.3) is 0 Å². The maximum absolute atomic E-state index is 5.32. The van der Waals surface area contributed by atoms with Crippen molar-refractivity contribution in [1.82, 2.24) is 0 Å². The molecular formula is C2H3Cl2I. The highest BCUT2D eigenvalue weighted by molar-refractivity contribution is 14.1. The minimum Gasteiger partial charge on any atom is -0.124 e. The molecule has 0 aliphatic heterocycles. The van der Waals surface area contributed by atoms with Crippen molar-refractivity contribution in [2.75, 3.05) is 5.88 Å². The molecule has 1 atom stereocenters. The van der Waals surface area contributed by atoms with E-state index in [9.17, 15) is 0 Å². The zero-order valence-electron chi connectivity index (χ0n) is 2.42. The molecule has 0 amide bonds. The molecule has 0 aromatic rings. The molecule has 0 aliphatic carbocycles. The Labute approximate surface area is 55.0 Å². The summed E-state index contributed by atoms with van der Waals surface area (Å²) in [5, 5.41) is 0. The SMILES string of the molecule is ClCC(Cl)I. The summed E-state index contributed by atoms with van der Waals surface area (Å²) in [4.78, 5) is 0. The summed E-state index contributed by atoms with van der Waals surface area (Å²) in [5.74, 6) is 0.530. The first kappa shape index (κ1) is 6.31. The van der Waals surface area contributed by atoms with Crippen LogP contribution in [0.15, 0.2) is 0 Å². The van der Waals surface area contributed by atoms with Gasteiger partial charge in [0.2, 0.25) is 0 Å². The zero-order valence-corrected chi connectivity index (χ0v) is 6.09. The molecule has 5 heavy (non-hydrogen) atoms. The van der Waals surface area contributed by atoms with Gasteiger partial charge in [0.15, 0.2) is 0 Å². The highest BCUT2D eigenvalue weighted by Gasteiger charge is 1.88. The Balaban J connectivity index is 2.54. The molecule has 0 heterocycles. The molecule has 0 bridgehead atoms. The molecule has 0 N–H and O–H groups in total. The monoisotopic (exact) mass is 224 g/mol. The summed E-state index contributed by atoms with van der Waals surface area (Å²) >= 11 is 12.6. The van der Waals surface area contributed by atoms with E-state index in [2.05, 4.69) is 0 Å². The van der Waals surface area contributed by atoms with E-state index in [0.29, 0.717) is 5.88 Å². The first-order valence-electron chi connectivity index (χ1n) is 1.11. The van der Waals surface area contributed by atoms with Crippen LogP contribution in [0.3, 0.4) is 0 Å². The van der Waals surface area contributed by atoms with E-state index < -0.39 is 0 Å². The van der Waals surface area contributed by atoms with Crippen molar-refractivity contribution in [2.24, 2.45) is 0 Å². The van der Waals surface area contributed by atoms with Crippen LogP contribution in [-0.2, 0) is 0 Å². The maximum atomic E-state index is 5.32. The fourth-order valence-corrected chi connectivity index (χ4v) is 0. The van der Waals surface area contributed by atoms with Crippen LogP contribution in [0.5, 0.6) is 0 Å². The van der Waals surface area contributed by atoms with E-state index in [0.717, 1.165) is 0 Å². The molecule has 0 aromatic carbocycles. The van der Waals surface area contributed by atoms with Crippen LogP contribution in [0.25, 0.3) is 0 Å². The number of halogens is 3. The number of alkyl halides is 3. The van der Waals surface area contributed by atoms with Crippen molar-refractivity contribution in [2.45, 2.75) is 3.38 Å². The van der Waals surface area contributed by atoms with E-state index in [-0.39, 0.29) is 3.38 Å². The highest BCUT2D eigenvalue weighted by atomic mass is 127. The van der Waals surface area contributed by atoms with Crippen LogP contribution >= 0.6 is 45.8 Å². The lowest BCUT2D eigenvalue weighted by Crippen LogP contribution is -1.81. The molecule has 0 saturated carbocycles. The van der Waals surface area contributed by atoms with Crippen molar-refractivity contribution in [3.8, 4) is 0 Å². The van der Waals surface area contributed by atoms with Gasteiger partial charge in [0.05, 0.1) is 3.38 Å². The van der Waals surface area contributed by atoms with E-state index in [1.165, 1.54) is 0 Å². The molecule has 0 rings (SSSR count). The Hall–Kier alpha value is 1.31. The molecule has 0 nitrogen and oxygen atoms in total. The normalized spacial score (nSPS) is 15.0. The molecule has 0 fully saturated rings. The second-order valence-electron chi connectivity index (χ2n) is 0.545. The quantitative estimate of drug-likeness (QED) is 0.474. The predicted molar refractivity (Wildman–Crippen MR) is 34.4 cm³/mol. The third kappa shape index (κ3) is 5.31. The molecule has 1 unspecified atom stereocenters. The molecule has 0 aliphatic rings. The molecule has 0 radical (unpaired) electrons. The standard InChI is InChI=1S/C2H3Cl2I/c3-1-2(4)5/h2H,1H2. The molecule has 3 heteroatoms. The Morgan fingerprint density at radius 1 is 1.80 bits per heavy atom. The van der Waals surface area contributed by atoms with Gasteiger partial charge in [-0.3, -0.25) is 0 Å². The third-order valence-corrected chi connectivity index (χ3v) is 1.70. The smallest absolute Gasteiger partial charge is 0.0985 e. The highest BCUT2D eigenvalue weighted by Crippen LogP contribution is 2.05. The zero-order chi connectivity index (χ0) is 4.28. The van der Waals surface area contributed by atoms with Gasteiger partial charge in [0, 0.05) is 5.88 Å². The van der Waals surface area contributed by atoms with Gasteiger partial charge in [-0.2, -0.15) is 0 Å². The van der Waals surface area contributed by atoms with E-state index in [1.54, 1.807) is 0 Å². The van der Waals surface area contributed by atoms with Gasteiger partial charge < -0.3 is 0 Å². The summed E-state index contributed by atoms with van der Waals surface area (Å²) in [6, 6.07) is 0. The lowest BCUT2D eigenvalue weighted by atomic mass is 11.0. The molecule has 0 aromatic heterocycles. The minimum absolute atomic E-state index is 0.0919. The van der Waals surface area contributed by atoms with Crippen LogP contribution in [0.1, 0.15) is 0 Å². The molecule has 32 valence electrons. The van der Waals surface area contributed by atoms with Crippen LogP contribution in [0, 0.1) is 0 Å². The van der Waals surface area contributed by atoms with Crippen molar-refractivity contribution in [3.05, 3.63) is 0 Å². The van der Waals surface area contributed by atoms with Gasteiger partial charge in [-0.05, 0) is 0 Å². The summed E-state index contributed by atoms with van der Waals surface area (Å²) in [6.45, 7) is 0. The average Bonchev–Trinajstić information content (AvgIpc) is 1.38. The first-order valence-corrected chi connectivity index (χ1v) is 3.33. The average molecular weight is 225 g/mol. The van der Waals surface area contributed by atoms with Crippen molar-refractivity contribution >= 4 is 45.8 Å². The first-order chi connectivity index (χ1) is 2.27. The molecule has 0 saturated heterocycles. The Kier molecular flexibility index (Phi) is 4.41. The summed E-state index contributed by atoms with van der Waals surface area (Å²) in [6.07, 6.45) is 0. The van der Waals surface area contributed by atoms with Crippen molar-refractivity contribution < 1.29 is 0 Å². The van der Waals surface area contributed by atoms with Crippen LogP contribution < -0.4 is 0 Å². The summed E-state index contributed by atoms with van der Waals surface area (Å²) in [7, 11) is 0. The van der Waals surface area contributed by atoms with Crippen LogP contribution in [0.4, 0.5) is 0 Å². The summed E-state index contributed by atoms with van der Waals surface area (Å²) in [5.41, 5.74) is 0. The van der Waals surface area contributed by atoms with E-state index >= 15 is 0 Å². The Morgan fingerprint density at radius 2 is 2.00 bits per heavy atom. The lowest BCUT2D eigenvalue weighted by molar-refractivity contribution is 1.47. The Morgan fingerprint density at radius 3 is 2.00 bits per heavy atom. The van der Waals surface area contributed by atoms with Crippen LogP contribution in [0.2, 0.25) is 0 Å². The Bertz CT molecular complexity index is 21.6. The van der Waals surface area contributed by atoms with E-state index in [1.807, 2.05) is 22.6 Å². The number of hydrogen-bond donors (Lipinski definition) is 0. The van der Waals surface area contributed by atoms with Gasteiger partial charge in [0.1, 0.15) is 0 Å². The second kappa shape index (κ2) is 3.50. The maximum Gasteiger partial charge on any atom is 0.0985 e. The lowest BCUT2D eigenvalue weighted by Gasteiger charge is -1.83. The molecule has 0 spiro atoms.